The topological polar surface area (TPSA) is 80.7 Å². The van der Waals surface area contributed by atoms with Crippen LogP contribution in [0.15, 0.2) is 11.6 Å². The summed E-state index contributed by atoms with van der Waals surface area (Å²) in [6, 6.07) is 0. The van der Waals surface area contributed by atoms with Crippen molar-refractivity contribution in [2.75, 3.05) is 0 Å². The molecule has 4 aliphatic rings. The van der Waals surface area contributed by atoms with Crippen LogP contribution < -0.4 is 0 Å². The molecule has 0 heterocycles. The monoisotopic (exact) mass is 626 g/mol. The minimum Gasteiger partial charge on any atom is -0.481 e. The number of carboxylic acid groups (broad SMARTS) is 1. The first-order valence-electron chi connectivity index (χ1n) is 19.1. The summed E-state index contributed by atoms with van der Waals surface area (Å²) >= 11 is 0. The molecule has 0 spiro atoms. The number of hydrogen-bond acceptors (Lipinski definition) is 4. The number of ether oxygens (including phenoxy) is 1. The Morgan fingerprint density at radius 1 is 0.822 bits per heavy atom. The predicted octanol–water partition coefficient (Wildman–Crippen LogP) is 10.5. The van der Waals surface area contributed by atoms with E-state index < -0.39 is 5.97 Å². The molecule has 4 rings (SSSR count). The van der Waals surface area contributed by atoms with E-state index in [0.29, 0.717) is 29.5 Å². The number of esters is 1. The van der Waals surface area contributed by atoms with E-state index in [9.17, 15) is 14.4 Å². The van der Waals surface area contributed by atoms with Crippen LogP contribution in [0.3, 0.4) is 0 Å². The molecule has 0 aromatic carbocycles. The van der Waals surface area contributed by atoms with Gasteiger partial charge in [-0.1, -0.05) is 104 Å². The number of carboxylic acids is 1. The smallest absolute Gasteiger partial charge is 0.306 e. The first-order chi connectivity index (χ1) is 21.5. The Bertz CT molecular complexity index is 1030. The molecule has 1 N–H and O–H groups in total. The van der Waals surface area contributed by atoms with Crippen LogP contribution >= 0.6 is 0 Å². The molecule has 0 saturated heterocycles. The van der Waals surface area contributed by atoms with E-state index in [0.717, 1.165) is 75.5 Å². The van der Waals surface area contributed by atoms with Crippen LogP contribution in [-0.2, 0) is 19.1 Å². The number of aliphatic carboxylic acids is 1. The fourth-order valence-corrected chi connectivity index (χ4v) is 10.5. The SMILES string of the molecule is CC(C)CCC[C@@H](C)[C@H]1CC[C@H]2[C@@H]3C(=O)C=C4C[C@@H](OC(=O)CCCCCCCCCCCC(=O)O)CC[C@]4(C)[C@H]3CC[C@]12C. The molecule has 0 aliphatic heterocycles. The van der Waals surface area contributed by atoms with Crippen molar-refractivity contribution in [2.24, 2.45) is 46.3 Å². The molecular formula is C40H66O5. The lowest BCUT2D eigenvalue weighted by atomic mass is 9.46. The zero-order valence-electron chi connectivity index (χ0n) is 29.5. The number of allylic oxidation sites excluding steroid dienone is 1. The highest BCUT2D eigenvalue weighted by molar-refractivity contribution is 5.94. The Morgan fingerprint density at radius 3 is 2.11 bits per heavy atom. The maximum Gasteiger partial charge on any atom is 0.306 e. The fourth-order valence-electron chi connectivity index (χ4n) is 10.5. The average Bonchev–Trinajstić information content (AvgIpc) is 3.33. The Labute approximate surface area is 275 Å². The molecule has 5 heteroatoms. The molecule has 256 valence electrons. The average molecular weight is 627 g/mol. The van der Waals surface area contributed by atoms with Gasteiger partial charge in [0.2, 0.25) is 0 Å². The van der Waals surface area contributed by atoms with Gasteiger partial charge in [-0.15, -0.1) is 0 Å². The van der Waals surface area contributed by atoms with Gasteiger partial charge < -0.3 is 9.84 Å². The van der Waals surface area contributed by atoms with E-state index in [-0.39, 0.29) is 29.8 Å². The number of hydrogen-bond donors (Lipinski definition) is 1. The minimum atomic E-state index is -0.698. The van der Waals surface area contributed by atoms with Crippen LogP contribution in [0.5, 0.6) is 0 Å². The van der Waals surface area contributed by atoms with Crippen LogP contribution in [0, 0.1) is 46.3 Å². The number of rotatable bonds is 18. The lowest BCUT2D eigenvalue weighted by molar-refractivity contribution is -0.152. The Hall–Kier alpha value is -1.65. The molecule has 3 saturated carbocycles. The number of unbranched alkanes of at least 4 members (excludes halogenated alkanes) is 8. The van der Waals surface area contributed by atoms with E-state index in [2.05, 4.69) is 34.6 Å². The van der Waals surface area contributed by atoms with Crippen LogP contribution in [-0.4, -0.2) is 28.9 Å². The standard InChI is InChI=1S/C40H66O5/c1-28(2)16-15-17-29(3)32-20-21-33-38-34(23-25-40(32,33)5)39(4)24-22-31(26-30(39)27-35(38)41)45-37(44)19-14-12-10-8-6-7-9-11-13-18-36(42)43/h27-29,31-34,38H,6-26H2,1-5H3,(H,42,43)/t29-,31+,32-,33+,34+,38+,39+,40-/m1/s1. The van der Waals surface area contributed by atoms with Gasteiger partial charge in [-0.25, -0.2) is 0 Å². The van der Waals surface area contributed by atoms with E-state index in [1.807, 2.05) is 6.08 Å². The molecule has 0 amide bonds. The minimum absolute atomic E-state index is 0.0695. The number of carbonyl (C=O) groups is 3. The molecule has 4 aliphatic carbocycles. The molecule has 0 aromatic heterocycles. The predicted molar refractivity (Wildman–Crippen MR) is 182 cm³/mol. The number of ketones is 1. The second kappa shape index (κ2) is 16.4. The van der Waals surface area contributed by atoms with Crippen LogP contribution in [0.25, 0.3) is 0 Å². The van der Waals surface area contributed by atoms with Crippen molar-refractivity contribution < 1.29 is 24.2 Å². The van der Waals surface area contributed by atoms with E-state index >= 15 is 0 Å². The highest BCUT2D eigenvalue weighted by atomic mass is 16.5. The first-order valence-corrected chi connectivity index (χ1v) is 19.1. The molecule has 0 radical (unpaired) electrons. The van der Waals surface area contributed by atoms with Crippen molar-refractivity contribution in [3.05, 3.63) is 11.6 Å². The lowest BCUT2D eigenvalue weighted by Gasteiger charge is -2.57. The second-order valence-corrected chi connectivity index (χ2v) is 16.7. The largest absolute Gasteiger partial charge is 0.481 e. The third-order valence-electron chi connectivity index (χ3n) is 13.2. The van der Waals surface area contributed by atoms with Gasteiger partial charge in [-0.3, -0.25) is 14.4 Å². The third kappa shape index (κ3) is 9.04. The van der Waals surface area contributed by atoms with Gasteiger partial charge in [0.1, 0.15) is 6.10 Å². The summed E-state index contributed by atoms with van der Waals surface area (Å²) in [5.74, 6) is 3.03. The molecular weight excluding hydrogens is 560 g/mol. The summed E-state index contributed by atoms with van der Waals surface area (Å²) in [6.45, 7) is 12.1. The lowest BCUT2D eigenvalue weighted by Crippen LogP contribution is -2.53. The Morgan fingerprint density at radius 2 is 1.47 bits per heavy atom. The second-order valence-electron chi connectivity index (χ2n) is 16.7. The summed E-state index contributed by atoms with van der Waals surface area (Å²) in [5.41, 5.74) is 1.63. The molecule has 5 nitrogen and oxygen atoms in total. The van der Waals surface area contributed by atoms with E-state index in [1.54, 1.807) is 0 Å². The van der Waals surface area contributed by atoms with E-state index in [1.165, 1.54) is 69.8 Å². The quantitative estimate of drug-likeness (QED) is 0.121. The van der Waals surface area contributed by atoms with Crippen LogP contribution in [0.2, 0.25) is 0 Å². The van der Waals surface area contributed by atoms with Crippen molar-refractivity contribution in [3.63, 3.8) is 0 Å². The molecule has 45 heavy (non-hydrogen) atoms. The van der Waals surface area contributed by atoms with Gasteiger partial charge in [0.05, 0.1) is 0 Å². The van der Waals surface area contributed by atoms with Gasteiger partial charge in [0, 0.05) is 25.2 Å². The normalized spacial score (nSPS) is 33.2. The zero-order valence-corrected chi connectivity index (χ0v) is 29.5. The molecule has 0 aromatic rings. The summed E-state index contributed by atoms with van der Waals surface area (Å²) in [7, 11) is 0. The van der Waals surface area contributed by atoms with Gasteiger partial charge in [-0.2, -0.15) is 0 Å². The molecule has 0 unspecified atom stereocenters. The Balaban J connectivity index is 1.21. The molecule has 3 fully saturated rings. The van der Waals surface area contributed by atoms with Crippen LogP contribution in [0.4, 0.5) is 0 Å². The van der Waals surface area contributed by atoms with Crippen molar-refractivity contribution in [1.82, 2.24) is 0 Å². The van der Waals surface area contributed by atoms with Gasteiger partial charge in [0.25, 0.3) is 0 Å². The van der Waals surface area contributed by atoms with E-state index in [4.69, 9.17) is 9.84 Å². The van der Waals surface area contributed by atoms with Gasteiger partial charge >= 0.3 is 11.9 Å². The van der Waals surface area contributed by atoms with Crippen molar-refractivity contribution in [3.8, 4) is 0 Å². The van der Waals surface area contributed by atoms with Crippen LogP contribution in [0.1, 0.15) is 169 Å². The maximum absolute atomic E-state index is 13.9. The summed E-state index contributed by atoms with van der Waals surface area (Å²) in [6.07, 6.45) is 23.8. The molecule has 0 bridgehead atoms. The first kappa shape index (κ1) is 36.2. The number of fused-ring (bicyclic) bond motifs is 5. The number of carbonyl (C=O) groups excluding carboxylic acids is 2. The van der Waals surface area contributed by atoms with Crippen molar-refractivity contribution >= 4 is 17.7 Å². The fraction of sp³-hybridized carbons (Fsp3) is 0.875. The zero-order chi connectivity index (χ0) is 32.6. The highest BCUT2D eigenvalue weighted by Gasteiger charge is 2.61. The molecule has 8 atom stereocenters. The summed E-state index contributed by atoms with van der Waals surface area (Å²) in [4.78, 5) is 37.2. The Kier molecular flexibility index (Phi) is 13.2. The maximum atomic E-state index is 13.9. The highest BCUT2D eigenvalue weighted by Crippen LogP contribution is 2.66. The van der Waals surface area contributed by atoms with Gasteiger partial charge in [0.15, 0.2) is 5.78 Å². The third-order valence-corrected chi connectivity index (χ3v) is 13.2. The summed E-state index contributed by atoms with van der Waals surface area (Å²) < 4.78 is 6.00. The van der Waals surface area contributed by atoms with Crippen molar-refractivity contribution in [1.29, 1.82) is 0 Å². The summed E-state index contributed by atoms with van der Waals surface area (Å²) in [5, 5.41) is 8.70. The van der Waals surface area contributed by atoms with Crippen molar-refractivity contribution in [2.45, 2.75) is 176 Å². The van der Waals surface area contributed by atoms with Gasteiger partial charge in [-0.05, 0) is 97.9 Å².